The number of hydrogen-bond acceptors (Lipinski definition) is 8. The summed E-state index contributed by atoms with van der Waals surface area (Å²) in [6.45, 7) is 5.47. The molecule has 6 rings (SSSR count). The summed E-state index contributed by atoms with van der Waals surface area (Å²) in [7, 11) is 0. The quantitative estimate of drug-likeness (QED) is 0.120. The summed E-state index contributed by atoms with van der Waals surface area (Å²) >= 11 is 6.51. The lowest BCUT2D eigenvalue weighted by Gasteiger charge is -2.20. The third-order valence-electron chi connectivity index (χ3n) is 7.24. The van der Waals surface area contributed by atoms with Gasteiger partial charge in [0.15, 0.2) is 0 Å². The largest absolute Gasteiger partial charge is 0.487 e. The molecular weight excluding hydrogens is 673 g/mol. The van der Waals surface area contributed by atoms with Crippen molar-refractivity contribution in [2.75, 3.05) is 16.0 Å². The smallest absolute Gasteiger partial charge is 0.412 e. The first kappa shape index (κ1) is 34.7. The lowest BCUT2D eigenvalue weighted by atomic mass is 10.1. The molecule has 12 heteroatoms. The average molecular weight is 706 g/mol. The van der Waals surface area contributed by atoms with E-state index in [9.17, 15) is 14.0 Å². The third-order valence-corrected chi connectivity index (χ3v) is 7.54. The van der Waals surface area contributed by atoms with Crippen LogP contribution < -0.4 is 20.7 Å². The molecule has 51 heavy (non-hydrogen) atoms. The molecule has 0 saturated heterocycles. The minimum Gasteiger partial charge on any atom is -0.487 e. The van der Waals surface area contributed by atoms with Crippen molar-refractivity contribution in [1.29, 1.82) is 0 Å². The molecule has 258 valence electrons. The summed E-state index contributed by atoms with van der Waals surface area (Å²) in [4.78, 5) is 33.9. The number of anilines is 4. The highest BCUT2D eigenvalue weighted by molar-refractivity contribution is 6.32. The molecule has 0 atom stereocenters. The number of aromatic nitrogens is 2. The van der Waals surface area contributed by atoms with E-state index in [0.717, 1.165) is 10.9 Å². The van der Waals surface area contributed by atoms with Gasteiger partial charge in [0, 0.05) is 22.7 Å². The number of benzene rings is 4. The van der Waals surface area contributed by atoms with Crippen molar-refractivity contribution in [2.24, 2.45) is 0 Å². The molecule has 4 aromatic carbocycles. The number of nitrogens with one attached hydrogen (secondary N) is 3. The second-order valence-corrected chi connectivity index (χ2v) is 12.7. The van der Waals surface area contributed by atoms with Crippen LogP contribution >= 0.6 is 11.6 Å². The Morgan fingerprint density at radius 2 is 1.71 bits per heavy atom. The van der Waals surface area contributed by atoms with Crippen molar-refractivity contribution < 1.29 is 27.9 Å². The average Bonchev–Trinajstić information content (AvgIpc) is 3.56. The van der Waals surface area contributed by atoms with Gasteiger partial charge < -0.3 is 24.5 Å². The Kier molecular flexibility index (Phi) is 10.3. The number of para-hydroxylation sites is 2. The molecule has 0 saturated carbocycles. The molecule has 0 radical (unpaired) electrons. The number of carbonyl (C=O) groups is 2. The van der Waals surface area contributed by atoms with E-state index in [2.05, 4.69) is 25.9 Å². The molecule has 2 aromatic heterocycles. The van der Waals surface area contributed by atoms with Gasteiger partial charge in [0.2, 0.25) is 5.91 Å². The van der Waals surface area contributed by atoms with Crippen LogP contribution in [0.2, 0.25) is 5.02 Å². The number of ether oxygens (including phenoxy) is 2. The van der Waals surface area contributed by atoms with E-state index in [4.69, 9.17) is 25.5 Å². The molecule has 0 unspecified atom stereocenters. The highest BCUT2D eigenvalue weighted by Gasteiger charge is 2.18. The normalized spacial score (nSPS) is 11.4. The second-order valence-electron chi connectivity index (χ2n) is 12.3. The lowest BCUT2D eigenvalue weighted by Crippen LogP contribution is -2.27. The number of hydrogen-bond donors (Lipinski definition) is 3. The van der Waals surface area contributed by atoms with Gasteiger partial charge in [0.1, 0.15) is 47.4 Å². The van der Waals surface area contributed by atoms with Gasteiger partial charge >= 0.3 is 6.09 Å². The maximum atomic E-state index is 13.5. The van der Waals surface area contributed by atoms with E-state index in [1.165, 1.54) is 24.5 Å². The Hall–Kier alpha value is -6.20. The Morgan fingerprint density at radius 3 is 2.47 bits per heavy atom. The van der Waals surface area contributed by atoms with Gasteiger partial charge in [-0.25, -0.2) is 19.2 Å². The van der Waals surface area contributed by atoms with Crippen LogP contribution in [-0.4, -0.2) is 27.6 Å². The summed E-state index contributed by atoms with van der Waals surface area (Å²) in [6, 6.07) is 27.5. The van der Waals surface area contributed by atoms with Crippen molar-refractivity contribution in [2.45, 2.75) is 33.0 Å². The van der Waals surface area contributed by atoms with Gasteiger partial charge in [0.05, 0.1) is 21.9 Å². The third kappa shape index (κ3) is 9.28. The monoisotopic (exact) mass is 705 g/mol. The SMILES string of the molecule is CC(C)(C)OC(=O)Nc1ccccc1NC(=O)/C=C/c1ccc(-c2ccc3ncnc(Nc4ccc(OCc5cccc(F)c5)c(Cl)c4)c3c2)o1. The maximum absolute atomic E-state index is 13.5. The van der Waals surface area contributed by atoms with E-state index < -0.39 is 17.6 Å². The Balaban J connectivity index is 1.12. The van der Waals surface area contributed by atoms with Crippen molar-refractivity contribution in [3.63, 3.8) is 0 Å². The highest BCUT2D eigenvalue weighted by atomic mass is 35.5. The number of carbonyl (C=O) groups excluding carboxylic acids is 2. The fourth-order valence-corrected chi connectivity index (χ4v) is 5.21. The number of furan rings is 1. The van der Waals surface area contributed by atoms with E-state index >= 15 is 0 Å². The molecule has 3 N–H and O–H groups in total. The van der Waals surface area contributed by atoms with Gasteiger partial charge in [-0.2, -0.15) is 0 Å². The van der Waals surface area contributed by atoms with E-state index in [-0.39, 0.29) is 12.4 Å². The summed E-state index contributed by atoms with van der Waals surface area (Å²) < 4.78 is 30.7. The van der Waals surface area contributed by atoms with Gasteiger partial charge in [-0.3, -0.25) is 10.1 Å². The molecule has 0 aliphatic rings. The van der Waals surface area contributed by atoms with Gasteiger partial charge in [0.25, 0.3) is 0 Å². The highest BCUT2D eigenvalue weighted by Crippen LogP contribution is 2.33. The molecule has 0 bridgehead atoms. The summed E-state index contributed by atoms with van der Waals surface area (Å²) in [6.07, 6.45) is 3.73. The Labute approximate surface area is 298 Å². The molecule has 6 aromatic rings. The Morgan fingerprint density at radius 1 is 0.902 bits per heavy atom. The second kappa shape index (κ2) is 15.1. The number of amides is 2. The fourth-order valence-electron chi connectivity index (χ4n) is 4.97. The van der Waals surface area contributed by atoms with E-state index in [0.29, 0.717) is 56.3 Å². The van der Waals surface area contributed by atoms with Crippen molar-refractivity contribution in [1.82, 2.24) is 9.97 Å². The predicted molar refractivity (Wildman–Crippen MR) is 197 cm³/mol. The molecule has 0 fully saturated rings. The van der Waals surface area contributed by atoms with Crippen LogP contribution in [-0.2, 0) is 16.1 Å². The zero-order valence-electron chi connectivity index (χ0n) is 27.9. The lowest BCUT2D eigenvalue weighted by molar-refractivity contribution is -0.111. The van der Waals surface area contributed by atoms with Crippen molar-refractivity contribution >= 4 is 63.5 Å². The van der Waals surface area contributed by atoms with Crippen molar-refractivity contribution in [3.05, 3.63) is 132 Å². The molecule has 2 amide bonds. The van der Waals surface area contributed by atoms with Crippen LogP contribution in [0.4, 0.5) is 32.1 Å². The molecule has 0 aliphatic carbocycles. The zero-order chi connectivity index (χ0) is 36.0. The number of fused-ring (bicyclic) bond motifs is 1. The van der Waals surface area contributed by atoms with Crippen LogP contribution in [0.25, 0.3) is 28.3 Å². The molecule has 10 nitrogen and oxygen atoms in total. The number of rotatable bonds is 10. The number of halogens is 2. The minimum absolute atomic E-state index is 0.171. The topological polar surface area (TPSA) is 128 Å². The van der Waals surface area contributed by atoms with Gasteiger partial charge in [-0.05, 0) is 105 Å². The first-order chi connectivity index (χ1) is 24.5. The van der Waals surface area contributed by atoms with Crippen LogP contribution in [0.3, 0.4) is 0 Å². The van der Waals surface area contributed by atoms with E-state index in [1.807, 2.05) is 24.3 Å². The first-order valence-corrected chi connectivity index (χ1v) is 16.2. The minimum atomic E-state index is -0.667. The van der Waals surface area contributed by atoms with Crippen LogP contribution in [0.1, 0.15) is 32.1 Å². The van der Waals surface area contributed by atoms with Crippen LogP contribution in [0, 0.1) is 5.82 Å². The summed E-state index contributed by atoms with van der Waals surface area (Å²) in [5, 5.41) is 9.85. The predicted octanol–water partition coefficient (Wildman–Crippen LogP) is 10.0. The molecular formula is C39H33ClFN5O5. The van der Waals surface area contributed by atoms with Crippen LogP contribution in [0.15, 0.2) is 114 Å². The molecule has 0 spiro atoms. The fraction of sp³-hybridized carbons (Fsp3) is 0.128. The Bertz CT molecular complexity index is 2250. The van der Waals surface area contributed by atoms with Gasteiger partial charge in [-0.1, -0.05) is 35.9 Å². The zero-order valence-corrected chi connectivity index (χ0v) is 28.6. The summed E-state index contributed by atoms with van der Waals surface area (Å²) in [5.41, 5.74) is 2.99. The maximum Gasteiger partial charge on any atom is 0.412 e. The number of nitrogens with zero attached hydrogens (tertiary/aromatic N) is 2. The summed E-state index contributed by atoms with van der Waals surface area (Å²) in [5.74, 6) is 1.29. The van der Waals surface area contributed by atoms with E-state index in [1.54, 1.807) is 87.5 Å². The standard InChI is InChI=1S/C39H33ClFN5O5/c1-39(2,3)51-38(48)46-33-10-5-4-9-32(33)45-36(47)18-14-28-13-17-34(50-28)25-11-15-31-29(20-25)37(43-23-42-31)44-27-12-16-35(30(40)21-27)49-22-24-7-6-8-26(41)19-24/h4-21,23H,22H2,1-3H3,(H,45,47)(H,46,48)(H,42,43,44)/b18-14+. The van der Waals surface area contributed by atoms with Crippen molar-refractivity contribution in [3.8, 4) is 17.1 Å². The van der Waals surface area contributed by atoms with Crippen LogP contribution in [0.5, 0.6) is 5.75 Å². The van der Waals surface area contributed by atoms with Gasteiger partial charge in [-0.15, -0.1) is 0 Å². The molecule has 2 heterocycles. The molecule has 0 aliphatic heterocycles. The first-order valence-electron chi connectivity index (χ1n) is 15.9.